The van der Waals surface area contributed by atoms with Crippen LogP contribution in [0.1, 0.15) is 39.5 Å². The molecule has 1 aromatic heterocycles. The van der Waals surface area contributed by atoms with E-state index in [2.05, 4.69) is 34.4 Å². The minimum atomic E-state index is 0.312. The molecule has 0 spiro atoms. The van der Waals surface area contributed by atoms with E-state index in [-0.39, 0.29) is 0 Å². The Labute approximate surface area is 102 Å². The molecule has 1 heterocycles. The molecule has 1 saturated carbocycles. The van der Waals surface area contributed by atoms with Crippen LogP contribution in [-0.4, -0.2) is 22.1 Å². The van der Waals surface area contributed by atoms with Gasteiger partial charge in [0.15, 0.2) is 11.6 Å². The molecule has 94 valence electrons. The van der Waals surface area contributed by atoms with E-state index in [1.807, 2.05) is 0 Å². The zero-order chi connectivity index (χ0) is 12.3. The monoisotopic (exact) mass is 235 g/mol. The lowest BCUT2D eigenvalue weighted by atomic mass is 10.2. The highest BCUT2D eigenvalue weighted by atomic mass is 15.1. The fourth-order valence-electron chi connectivity index (χ4n) is 2.16. The molecule has 1 aromatic rings. The summed E-state index contributed by atoms with van der Waals surface area (Å²) in [6.07, 6.45) is 6.55. The van der Waals surface area contributed by atoms with Crippen molar-refractivity contribution in [3.8, 4) is 0 Å². The first-order valence-electron chi connectivity index (χ1n) is 6.30. The van der Waals surface area contributed by atoms with Gasteiger partial charge in [0.1, 0.15) is 12.0 Å². The van der Waals surface area contributed by atoms with E-state index in [0.717, 1.165) is 11.6 Å². The fraction of sp³-hybridized carbons (Fsp3) is 0.667. The van der Waals surface area contributed by atoms with E-state index >= 15 is 0 Å². The van der Waals surface area contributed by atoms with Crippen molar-refractivity contribution >= 4 is 17.3 Å². The summed E-state index contributed by atoms with van der Waals surface area (Å²) in [6, 6.07) is 0.825. The summed E-state index contributed by atoms with van der Waals surface area (Å²) >= 11 is 0. The van der Waals surface area contributed by atoms with Crippen molar-refractivity contribution in [3.63, 3.8) is 0 Å². The van der Waals surface area contributed by atoms with Crippen molar-refractivity contribution in [1.29, 1.82) is 0 Å². The molecule has 0 atom stereocenters. The molecule has 5 nitrogen and oxygen atoms in total. The number of nitrogens with two attached hydrogens (primary N) is 1. The molecular weight excluding hydrogens is 214 g/mol. The van der Waals surface area contributed by atoms with Crippen molar-refractivity contribution in [1.82, 2.24) is 9.97 Å². The van der Waals surface area contributed by atoms with Gasteiger partial charge in [-0.05, 0) is 26.7 Å². The van der Waals surface area contributed by atoms with E-state index in [4.69, 9.17) is 5.73 Å². The van der Waals surface area contributed by atoms with Crippen LogP contribution in [0.2, 0.25) is 0 Å². The van der Waals surface area contributed by atoms with Crippen molar-refractivity contribution < 1.29 is 0 Å². The van der Waals surface area contributed by atoms with Crippen LogP contribution >= 0.6 is 0 Å². The van der Waals surface area contributed by atoms with Gasteiger partial charge in [0, 0.05) is 12.1 Å². The average Bonchev–Trinajstić information content (AvgIpc) is 2.76. The van der Waals surface area contributed by atoms with Gasteiger partial charge in [-0.2, -0.15) is 0 Å². The van der Waals surface area contributed by atoms with Gasteiger partial charge in [0.25, 0.3) is 0 Å². The first-order chi connectivity index (χ1) is 8.16. The summed E-state index contributed by atoms with van der Waals surface area (Å²) in [5.41, 5.74) is 6.68. The molecule has 0 amide bonds. The molecule has 1 fully saturated rings. The van der Waals surface area contributed by atoms with Gasteiger partial charge < -0.3 is 16.4 Å². The molecule has 5 heteroatoms. The number of anilines is 3. The van der Waals surface area contributed by atoms with Gasteiger partial charge in [0.2, 0.25) is 0 Å². The number of hydrogen-bond donors (Lipinski definition) is 3. The van der Waals surface area contributed by atoms with Gasteiger partial charge in [-0.25, -0.2) is 9.97 Å². The largest absolute Gasteiger partial charge is 0.393 e. The number of aromatic nitrogens is 2. The predicted octanol–water partition coefficient (Wildman–Crippen LogP) is 2.23. The smallest absolute Gasteiger partial charge is 0.155 e. The molecule has 1 aliphatic carbocycles. The van der Waals surface area contributed by atoms with Crippen molar-refractivity contribution in [2.24, 2.45) is 0 Å². The maximum absolute atomic E-state index is 6.06. The Morgan fingerprint density at radius 3 is 2.53 bits per heavy atom. The Morgan fingerprint density at radius 1 is 1.24 bits per heavy atom. The molecule has 0 bridgehead atoms. The average molecular weight is 235 g/mol. The van der Waals surface area contributed by atoms with E-state index in [0.29, 0.717) is 17.8 Å². The van der Waals surface area contributed by atoms with Gasteiger partial charge in [-0.1, -0.05) is 12.8 Å². The fourth-order valence-corrected chi connectivity index (χ4v) is 2.16. The third-order valence-corrected chi connectivity index (χ3v) is 3.01. The van der Waals surface area contributed by atoms with Crippen LogP contribution in [0.4, 0.5) is 17.3 Å². The Morgan fingerprint density at radius 2 is 1.88 bits per heavy atom. The predicted molar refractivity (Wildman–Crippen MR) is 71.1 cm³/mol. The highest BCUT2D eigenvalue weighted by Crippen LogP contribution is 2.27. The molecule has 1 aliphatic rings. The Hall–Kier alpha value is -1.52. The third kappa shape index (κ3) is 2.99. The van der Waals surface area contributed by atoms with Gasteiger partial charge in [0.05, 0.1) is 0 Å². The maximum atomic E-state index is 6.06. The molecule has 4 N–H and O–H groups in total. The standard InChI is InChI=1S/C12H21N5/c1-8(2)16-11-10(13)12(15-7-14-11)17-9-5-3-4-6-9/h7-9H,3-6,13H2,1-2H3,(H2,14,15,16,17). The van der Waals surface area contributed by atoms with Crippen LogP contribution < -0.4 is 16.4 Å². The zero-order valence-corrected chi connectivity index (χ0v) is 10.5. The lowest BCUT2D eigenvalue weighted by Crippen LogP contribution is -2.19. The Bertz CT molecular complexity index is 371. The Kier molecular flexibility index (Phi) is 3.66. The van der Waals surface area contributed by atoms with Crippen LogP contribution in [0.25, 0.3) is 0 Å². The number of nitrogen functional groups attached to an aromatic ring is 1. The van der Waals surface area contributed by atoms with Crippen molar-refractivity contribution in [2.45, 2.75) is 51.6 Å². The number of nitrogens with zero attached hydrogens (tertiary/aromatic N) is 2. The first-order valence-corrected chi connectivity index (χ1v) is 6.30. The lowest BCUT2D eigenvalue weighted by Gasteiger charge is -2.17. The van der Waals surface area contributed by atoms with Crippen LogP contribution in [0.5, 0.6) is 0 Å². The van der Waals surface area contributed by atoms with Crippen molar-refractivity contribution in [2.75, 3.05) is 16.4 Å². The van der Waals surface area contributed by atoms with Crippen LogP contribution in [-0.2, 0) is 0 Å². The summed E-state index contributed by atoms with van der Waals surface area (Å²) in [6.45, 7) is 4.12. The van der Waals surface area contributed by atoms with E-state index < -0.39 is 0 Å². The number of nitrogens with one attached hydrogen (secondary N) is 2. The van der Waals surface area contributed by atoms with Gasteiger partial charge in [-0.3, -0.25) is 0 Å². The number of rotatable bonds is 4. The van der Waals surface area contributed by atoms with Gasteiger partial charge >= 0.3 is 0 Å². The summed E-state index contributed by atoms with van der Waals surface area (Å²) in [7, 11) is 0. The second-order valence-electron chi connectivity index (χ2n) is 4.91. The van der Waals surface area contributed by atoms with Crippen LogP contribution in [0.3, 0.4) is 0 Å². The van der Waals surface area contributed by atoms with Crippen molar-refractivity contribution in [3.05, 3.63) is 6.33 Å². The summed E-state index contributed by atoms with van der Waals surface area (Å²) in [5, 5.41) is 6.63. The van der Waals surface area contributed by atoms with Crippen LogP contribution in [0.15, 0.2) is 6.33 Å². The normalized spacial score (nSPS) is 16.4. The van der Waals surface area contributed by atoms with E-state index in [1.165, 1.54) is 25.7 Å². The van der Waals surface area contributed by atoms with E-state index in [9.17, 15) is 0 Å². The lowest BCUT2D eigenvalue weighted by molar-refractivity contribution is 0.750. The summed E-state index contributed by atoms with van der Waals surface area (Å²) < 4.78 is 0. The van der Waals surface area contributed by atoms with Crippen LogP contribution in [0, 0.1) is 0 Å². The summed E-state index contributed by atoms with van der Waals surface area (Å²) in [4.78, 5) is 8.39. The SMILES string of the molecule is CC(C)Nc1ncnc(NC2CCCC2)c1N. The molecule has 2 rings (SSSR count). The summed E-state index contributed by atoms with van der Waals surface area (Å²) in [5.74, 6) is 1.48. The molecule has 0 aromatic carbocycles. The number of hydrogen-bond acceptors (Lipinski definition) is 5. The molecule has 0 aliphatic heterocycles. The second kappa shape index (κ2) is 5.21. The molecule has 0 unspecified atom stereocenters. The minimum Gasteiger partial charge on any atom is -0.393 e. The third-order valence-electron chi connectivity index (χ3n) is 3.01. The topological polar surface area (TPSA) is 75.9 Å². The van der Waals surface area contributed by atoms with Gasteiger partial charge in [-0.15, -0.1) is 0 Å². The molecular formula is C12H21N5. The second-order valence-corrected chi connectivity index (χ2v) is 4.91. The minimum absolute atomic E-state index is 0.312. The quantitative estimate of drug-likeness (QED) is 0.746. The maximum Gasteiger partial charge on any atom is 0.155 e. The molecule has 0 saturated heterocycles. The highest BCUT2D eigenvalue weighted by molar-refractivity contribution is 5.74. The zero-order valence-electron chi connectivity index (χ0n) is 10.5. The van der Waals surface area contributed by atoms with E-state index in [1.54, 1.807) is 6.33 Å². The molecule has 0 radical (unpaired) electrons. The first kappa shape index (κ1) is 12.0. The molecule has 17 heavy (non-hydrogen) atoms. The highest BCUT2D eigenvalue weighted by Gasteiger charge is 2.17. The Balaban J connectivity index is 2.10.